The number of benzene rings is 1. The Morgan fingerprint density at radius 2 is 1.95 bits per heavy atom. The minimum absolute atomic E-state index is 0.545. The number of hydrogen-bond donors (Lipinski definition) is 1. The summed E-state index contributed by atoms with van der Waals surface area (Å²) in [6.07, 6.45) is 5.24. The van der Waals surface area contributed by atoms with Crippen molar-refractivity contribution in [1.29, 1.82) is 0 Å². The number of nitrogens with zero attached hydrogens (tertiary/aromatic N) is 1. The van der Waals surface area contributed by atoms with Crippen LogP contribution in [0.25, 0.3) is 0 Å². The Kier molecular flexibility index (Phi) is 5.85. The van der Waals surface area contributed by atoms with Gasteiger partial charge in [-0.3, -0.25) is 0 Å². The highest BCUT2D eigenvalue weighted by atomic mass is 79.9. The summed E-state index contributed by atoms with van der Waals surface area (Å²) >= 11 is 9.00. The number of rotatable bonds is 3. The highest BCUT2D eigenvalue weighted by molar-refractivity contribution is 9.10. The van der Waals surface area contributed by atoms with Crippen molar-refractivity contribution in [3.63, 3.8) is 0 Å². The van der Waals surface area contributed by atoms with Crippen LogP contribution >= 0.6 is 28.1 Å². The van der Waals surface area contributed by atoms with Gasteiger partial charge in [-0.25, -0.2) is 0 Å². The second-order valence-electron chi connectivity index (χ2n) is 5.80. The van der Waals surface area contributed by atoms with E-state index < -0.39 is 0 Å². The summed E-state index contributed by atoms with van der Waals surface area (Å²) in [5.41, 5.74) is 1.27. The Morgan fingerprint density at radius 1 is 1.30 bits per heavy atom. The molecule has 1 aromatic carbocycles. The molecule has 0 aromatic heterocycles. The van der Waals surface area contributed by atoms with Crippen LogP contribution in [0.1, 0.15) is 38.2 Å². The summed E-state index contributed by atoms with van der Waals surface area (Å²) in [5.74, 6) is 0.725. The smallest absolute Gasteiger partial charge is 0.169 e. The van der Waals surface area contributed by atoms with E-state index >= 15 is 0 Å². The van der Waals surface area contributed by atoms with Crippen LogP contribution in [0.15, 0.2) is 28.7 Å². The van der Waals surface area contributed by atoms with Gasteiger partial charge in [0.25, 0.3) is 0 Å². The summed E-state index contributed by atoms with van der Waals surface area (Å²) in [5, 5.41) is 4.42. The van der Waals surface area contributed by atoms with Gasteiger partial charge < -0.3 is 10.2 Å². The monoisotopic (exact) mass is 354 g/mol. The molecule has 0 amide bonds. The van der Waals surface area contributed by atoms with Gasteiger partial charge in [0.05, 0.1) is 0 Å². The molecule has 2 rings (SSSR count). The van der Waals surface area contributed by atoms with E-state index in [0.717, 1.165) is 22.0 Å². The molecule has 1 aliphatic rings. The first-order valence-electron chi connectivity index (χ1n) is 7.32. The lowest BCUT2D eigenvalue weighted by Crippen LogP contribution is -2.46. The van der Waals surface area contributed by atoms with E-state index in [-0.39, 0.29) is 0 Å². The van der Waals surface area contributed by atoms with Crippen molar-refractivity contribution in [3.05, 3.63) is 34.3 Å². The third kappa shape index (κ3) is 4.45. The van der Waals surface area contributed by atoms with Gasteiger partial charge in [-0.05, 0) is 48.7 Å². The Hall–Kier alpha value is -0.610. The molecule has 0 unspecified atom stereocenters. The molecule has 0 spiro atoms. The summed E-state index contributed by atoms with van der Waals surface area (Å²) in [6, 6.07) is 8.95. The largest absolute Gasteiger partial charge is 0.360 e. The standard InChI is InChI=1S/C16H23BrN2S/c1-12-5-3-4-6-15(12)18-16(20)19(2)11-13-7-9-14(17)10-8-13/h7-10,12,15H,3-6,11H2,1-2H3,(H,18,20)/t12-,15-/m1/s1. The van der Waals surface area contributed by atoms with E-state index in [1.54, 1.807) is 0 Å². The summed E-state index contributed by atoms with van der Waals surface area (Å²) in [4.78, 5) is 2.12. The molecule has 0 aliphatic heterocycles. The van der Waals surface area contributed by atoms with Crippen molar-refractivity contribution in [2.45, 2.75) is 45.2 Å². The molecule has 0 bridgehead atoms. The fraction of sp³-hybridized carbons (Fsp3) is 0.562. The summed E-state index contributed by atoms with van der Waals surface area (Å²) in [7, 11) is 2.06. The predicted molar refractivity (Wildman–Crippen MR) is 92.8 cm³/mol. The van der Waals surface area contributed by atoms with Gasteiger partial charge in [-0.1, -0.05) is 47.8 Å². The van der Waals surface area contributed by atoms with Gasteiger partial charge in [0.2, 0.25) is 0 Å². The fourth-order valence-corrected chi connectivity index (χ4v) is 3.22. The third-order valence-corrected chi connectivity index (χ3v) is 5.06. The molecule has 0 heterocycles. The van der Waals surface area contributed by atoms with Crippen molar-refractivity contribution < 1.29 is 0 Å². The molecule has 1 aliphatic carbocycles. The van der Waals surface area contributed by atoms with E-state index in [4.69, 9.17) is 12.2 Å². The molecule has 110 valence electrons. The van der Waals surface area contributed by atoms with Crippen molar-refractivity contribution >= 4 is 33.3 Å². The van der Waals surface area contributed by atoms with E-state index in [2.05, 4.69) is 64.4 Å². The SMILES string of the molecule is C[C@@H]1CCCC[C@H]1NC(=S)N(C)Cc1ccc(Br)cc1. The highest BCUT2D eigenvalue weighted by Gasteiger charge is 2.22. The van der Waals surface area contributed by atoms with Crippen LogP contribution < -0.4 is 5.32 Å². The van der Waals surface area contributed by atoms with Crippen LogP contribution in [-0.4, -0.2) is 23.1 Å². The van der Waals surface area contributed by atoms with E-state index in [1.165, 1.54) is 31.2 Å². The van der Waals surface area contributed by atoms with Gasteiger partial charge >= 0.3 is 0 Å². The van der Waals surface area contributed by atoms with Crippen LogP contribution in [0.5, 0.6) is 0 Å². The molecule has 1 fully saturated rings. The molecule has 1 N–H and O–H groups in total. The molecule has 0 radical (unpaired) electrons. The number of nitrogens with one attached hydrogen (secondary N) is 1. The van der Waals surface area contributed by atoms with Gasteiger partial charge in [0, 0.05) is 24.1 Å². The van der Waals surface area contributed by atoms with Crippen LogP contribution in [0, 0.1) is 5.92 Å². The molecule has 4 heteroatoms. The summed E-state index contributed by atoms with van der Waals surface area (Å²) in [6.45, 7) is 3.17. The highest BCUT2D eigenvalue weighted by Crippen LogP contribution is 2.24. The lowest BCUT2D eigenvalue weighted by atomic mass is 9.86. The van der Waals surface area contributed by atoms with E-state index in [9.17, 15) is 0 Å². The second kappa shape index (κ2) is 7.41. The third-order valence-electron chi connectivity index (χ3n) is 4.10. The number of halogens is 1. The first-order valence-corrected chi connectivity index (χ1v) is 8.52. The minimum Gasteiger partial charge on any atom is -0.360 e. The van der Waals surface area contributed by atoms with Crippen molar-refractivity contribution in [2.24, 2.45) is 5.92 Å². The van der Waals surface area contributed by atoms with Gasteiger partial charge in [-0.2, -0.15) is 0 Å². The number of hydrogen-bond acceptors (Lipinski definition) is 1. The molecule has 1 saturated carbocycles. The Balaban J connectivity index is 1.86. The van der Waals surface area contributed by atoms with Crippen LogP contribution in [0.4, 0.5) is 0 Å². The lowest BCUT2D eigenvalue weighted by Gasteiger charge is -2.33. The Labute approximate surface area is 136 Å². The Morgan fingerprint density at radius 3 is 2.60 bits per heavy atom. The zero-order chi connectivity index (χ0) is 14.5. The molecular formula is C16H23BrN2S. The second-order valence-corrected chi connectivity index (χ2v) is 7.10. The zero-order valence-corrected chi connectivity index (χ0v) is 14.6. The maximum absolute atomic E-state index is 5.54. The lowest BCUT2D eigenvalue weighted by molar-refractivity contribution is 0.300. The molecule has 0 saturated heterocycles. The normalized spacial score (nSPS) is 22.4. The molecular weight excluding hydrogens is 332 g/mol. The number of thiocarbonyl (C=S) groups is 1. The molecule has 20 heavy (non-hydrogen) atoms. The molecule has 1 aromatic rings. The predicted octanol–water partition coefficient (Wildman–Crippen LogP) is 4.33. The topological polar surface area (TPSA) is 15.3 Å². The fourth-order valence-electron chi connectivity index (χ4n) is 2.73. The van der Waals surface area contributed by atoms with Crippen LogP contribution in [0.2, 0.25) is 0 Å². The van der Waals surface area contributed by atoms with E-state index in [1.807, 2.05) is 0 Å². The van der Waals surface area contributed by atoms with Crippen molar-refractivity contribution in [3.8, 4) is 0 Å². The average molecular weight is 355 g/mol. The maximum Gasteiger partial charge on any atom is 0.169 e. The van der Waals surface area contributed by atoms with Crippen molar-refractivity contribution in [2.75, 3.05) is 7.05 Å². The average Bonchev–Trinajstić information content (AvgIpc) is 2.44. The molecule has 2 nitrogen and oxygen atoms in total. The van der Waals surface area contributed by atoms with Crippen LogP contribution in [-0.2, 0) is 6.54 Å². The first kappa shape index (κ1) is 15.8. The zero-order valence-electron chi connectivity index (χ0n) is 12.2. The van der Waals surface area contributed by atoms with Gasteiger partial charge in [0.15, 0.2) is 5.11 Å². The van der Waals surface area contributed by atoms with Crippen LogP contribution in [0.3, 0.4) is 0 Å². The van der Waals surface area contributed by atoms with E-state index in [0.29, 0.717) is 6.04 Å². The van der Waals surface area contributed by atoms with Gasteiger partial charge in [0.1, 0.15) is 0 Å². The summed E-state index contributed by atoms with van der Waals surface area (Å²) < 4.78 is 1.11. The first-order chi connectivity index (χ1) is 9.56. The maximum atomic E-state index is 5.54. The minimum atomic E-state index is 0.545. The Bertz CT molecular complexity index is 446. The molecule has 2 atom stereocenters. The quantitative estimate of drug-likeness (QED) is 0.813. The van der Waals surface area contributed by atoms with Gasteiger partial charge in [-0.15, -0.1) is 0 Å². The van der Waals surface area contributed by atoms with Crippen molar-refractivity contribution in [1.82, 2.24) is 10.2 Å².